The third-order valence-electron chi connectivity index (χ3n) is 2.63. The summed E-state index contributed by atoms with van der Waals surface area (Å²) in [5, 5.41) is 0.159. The number of halogens is 5. The monoisotopic (exact) mass is 304 g/mol. The Kier molecular flexibility index (Phi) is 3.94. The smallest absolute Gasteiger partial charge is 0.233 e. The van der Waals surface area contributed by atoms with Gasteiger partial charge in [0.2, 0.25) is 0 Å². The molecule has 7 heteroatoms. The fourth-order valence-corrected chi connectivity index (χ4v) is 1.88. The zero-order valence-electron chi connectivity index (χ0n) is 10.3. The Labute approximate surface area is 117 Å². The molecule has 0 spiro atoms. The first-order valence-corrected chi connectivity index (χ1v) is 6.09. The lowest BCUT2D eigenvalue weighted by atomic mass is 10.1. The predicted octanol–water partition coefficient (Wildman–Crippen LogP) is 4.52. The van der Waals surface area contributed by atoms with Gasteiger partial charge in [-0.25, -0.2) is 14.4 Å². The molecular formula is C13H9ClF4N2. The fraction of sp³-hybridized carbons (Fsp3) is 0.231. The van der Waals surface area contributed by atoms with E-state index in [1.54, 1.807) is 0 Å². The van der Waals surface area contributed by atoms with Crippen molar-refractivity contribution in [1.82, 2.24) is 9.97 Å². The molecular weight excluding hydrogens is 296 g/mol. The van der Waals surface area contributed by atoms with E-state index in [-0.39, 0.29) is 16.4 Å². The van der Waals surface area contributed by atoms with E-state index in [4.69, 9.17) is 11.6 Å². The van der Waals surface area contributed by atoms with E-state index >= 15 is 0 Å². The molecule has 0 bridgehead atoms. The molecule has 2 aromatic rings. The molecule has 0 saturated carbocycles. The first-order valence-electron chi connectivity index (χ1n) is 5.72. The van der Waals surface area contributed by atoms with Gasteiger partial charge in [-0.05, 0) is 12.1 Å². The van der Waals surface area contributed by atoms with Crippen LogP contribution in [0.25, 0.3) is 11.3 Å². The van der Waals surface area contributed by atoms with Crippen LogP contribution in [-0.4, -0.2) is 9.97 Å². The molecule has 0 N–H and O–H groups in total. The summed E-state index contributed by atoms with van der Waals surface area (Å²) in [4.78, 5) is 8.05. The maximum Gasteiger partial charge on any atom is 0.419 e. The Hall–Kier alpha value is -1.69. The third kappa shape index (κ3) is 3.07. The number of nitrogens with zero attached hydrogens (tertiary/aromatic N) is 2. The van der Waals surface area contributed by atoms with Gasteiger partial charge in [0.25, 0.3) is 0 Å². The van der Waals surface area contributed by atoms with E-state index in [1.165, 1.54) is 6.07 Å². The molecule has 0 aliphatic carbocycles. The Morgan fingerprint density at radius 3 is 2.40 bits per heavy atom. The molecule has 2 rings (SSSR count). The molecule has 0 aliphatic rings. The standard InChI is InChI=1S/C13H9ClF4N2/c1-2-12-19-10(6-11(14)20-12)7-3-4-8(9(15)5-7)13(16,17)18/h3-6H,2H2,1H3. The lowest BCUT2D eigenvalue weighted by Gasteiger charge is -2.09. The summed E-state index contributed by atoms with van der Waals surface area (Å²) in [5.41, 5.74) is -0.805. The van der Waals surface area contributed by atoms with Gasteiger partial charge in [-0.15, -0.1) is 0 Å². The summed E-state index contributed by atoms with van der Waals surface area (Å²) in [6, 6.07) is 4.01. The Morgan fingerprint density at radius 2 is 1.85 bits per heavy atom. The minimum atomic E-state index is -4.72. The lowest BCUT2D eigenvalue weighted by Crippen LogP contribution is -2.08. The number of benzene rings is 1. The SMILES string of the molecule is CCc1nc(Cl)cc(-c2ccc(C(F)(F)F)c(F)c2)n1. The molecule has 0 radical (unpaired) electrons. The Balaban J connectivity index is 2.49. The first-order chi connectivity index (χ1) is 9.31. The maximum atomic E-state index is 13.5. The maximum absolute atomic E-state index is 13.5. The molecule has 106 valence electrons. The fourth-order valence-electron chi connectivity index (χ4n) is 1.68. The topological polar surface area (TPSA) is 25.8 Å². The van der Waals surface area contributed by atoms with E-state index in [1.807, 2.05) is 6.92 Å². The second-order valence-corrected chi connectivity index (χ2v) is 4.43. The molecule has 1 aromatic carbocycles. The zero-order chi connectivity index (χ0) is 14.9. The van der Waals surface area contributed by atoms with Crippen LogP contribution < -0.4 is 0 Å². The third-order valence-corrected chi connectivity index (χ3v) is 2.82. The summed E-state index contributed by atoms with van der Waals surface area (Å²) < 4.78 is 51.0. The van der Waals surface area contributed by atoms with Crippen molar-refractivity contribution in [1.29, 1.82) is 0 Å². The minimum Gasteiger partial charge on any atom is -0.233 e. The summed E-state index contributed by atoms with van der Waals surface area (Å²) in [6.45, 7) is 1.81. The second kappa shape index (κ2) is 5.36. The van der Waals surface area contributed by atoms with E-state index in [2.05, 4.69) is 9.97 Å². The van der Waals surface area contributed by atoms with Crippen LogP contribution in [0.1, 0.15) is 18.3 Å². The Morgan fingerprint density at radius 1 is 1.15 bits per heavy atom. The zero-order valence-corrected chi connectivity index (χ0v) is 11.1. The van der Waals surface area contributed by atoms with Crippen LogP contribution in [0, 0.1) is 5.82 Å². The van der Waals surface area contributed by atoms with Crippen molar-refractivity contribution in [3.05, 3.63) is 46.6 Å². The van der Waals surface area contributed by atoms with Crippen LogP contribution in [0.4, 0.5) is 17.6 Å². The van der Waals surface area contributed by atoms with Crippen molar-refractivity contribution >= 4 is 11.6 Å². The van der Waals surface area contributed by atoms with Gasteiger partial charge >= 0.3 is 6.18 Å². The van der Waals surface area contributed by atoms with Crippen molar-refractivity contribution in [2.45, 2.75) is 19.5 Å². The minimum absolute atomic E-state index is 0.159. The van der Waals surface area contributed by atoms with Gasteiger partial charge in [0.05, 0.1) is 11.3 Å². The van der Waals surface area contributed by atoms with Crippen LogP contribution in [0.3, 0.4) is 0 Å². The van der Waals surface area contributed by atoms with E-state index < -0.39 is 17.6 Å². The highest BCUT2D eigenvalue weighted by Crippen LogP contribution is 2.33. The van der Waals surface area contributed by atoms with Crippen LogP contribution in [0.5, 0.6) is 0 Å². The molecule has 0 saturated heterocycles. The van der Waals surface area contributed by atoms with Gasteiger partial charge in [0.15, 0.2) is 0 Å². The second-order valence-electron chi connectivity index (χ2n) is 4.04. The first kappa shape index (κ1) is 14.7. The molecule has 0 unspecified atom stereocenters. The quantitative estimate of drug-likeness (QED) is 0.602. The average molecular weight is 305 g/mol. The van der Waals surface area contributed by atoms with Gasteiger partial charge in [-0.1, -0.05) is 24.6 Å². The van der Waals surface area contributed by atoms with E-state index in [0.717, 1.165) is 12.1 Å². The summed E-state index contributed by atoms with van der Waals surface area (Å²) in [7, 11) is 0. The number of aromatic nitrogens is 2. The van der Waals surface area contributed by atoms with Gasteiger partial charge < -0.3 is 0 Å². The van der Waals surface area contributed by atoms with Crippen LogP contribution in [0.15, 0.2) is 24.3 Å². The number of hydrogen-bond donors (Lipinski definition) is 0. The molecule has 0 aliphatic heterocycles. The number of alkyl halides is 3. The van der Waals surface area contributed by atoms with Crippen molar-refractivity contribution in [3.63, 3.8) is 0 Å². The van der Waals surface area contributed by atoms with E-state index in [0.29, 0.717) is 18.3 Å². The molecule has 1 aromatic heterocycles. The van der Waals surface area contributed by atoms with Crippen molar-refractivity contribution in [2.75, 3.05) is 0 Å². The van der Waals surface area contributed by atoms with Crippen molar-refractivity contribution in [2.24, 2.45) is 0 Å². The molecule has 2 nitrogen and oxygen atoms in total. The Bertz CT molecular complexity index is 641. The normalized spacial score (nSPS) is 11.7. The molecule has 0 fully saturated rings. The van der Waals surface area contributed by atoms with Gasteiger partial charge in [-0.2, -0.15) is 13.2 Å². The summed E-state index contributed by atoms with van der Waals surface area (Å²) in [6.07, 6.45) is -4.21. The van der Waals surface area contributed by atoms with Crippen LogP contribution in [-0.2, 0) is 12.6 Å². The summed E-state index contributed by atoms with van der Waals surface area (Å²) in [5.74, 6) is -0.907. The van der Waals surface area contributed by atoms with Crippen molar-refractivity contribution in [3.8, 4) is 11.3 Å². The molecule has 20 heavy (non-hydrogen) atoms. The van der Waals surface area contributed by atoms with Gasteiger partial charge in [0.1, 0.15) is 16.8 Å². The highest BCUT2D eigenvalue weighted by atomic mass is 35.5. The average Bonchev–Trinajstić information content (AvgIpc) is 2.36. The molecule has 1 heterocycles. The van der Waals surface area contributed by atoms with Crippen molar-refractivity contribution < 1.29 is 17.6 Å². The van der Waals surface area contributed by atoms with Crippen LogP contribution in [0.2, 0.25) is 5.15 Å². The summed E-state index contributed by atoms with van der Waals surface area (Å²) >= 11 is 5.80. The van der Waals surface area contributed by atoms with Gasteiger partial charge in [0, 0.05) is 18.1 Å². The highest BCUT2D eigenvalue weighted by molar-refractivity contribution is 6.29. The number of hydrogen-bond acceptors (Lipinski definition) is 2. The molecule has 0 atom stereocenters. The largest absolute Gasteiger partial charge is 0.419 e. The van der Waals surface area contributed by atoms with Gasteiger partial charge in [-0.3, -0.25) is 0 Å². The predicted molar refractivity (Wildman–Crippen MR) is 66.8 cm³/mol. The highest BCUT2D eigenvalue weighted by Gasteiger charge is 2.34. The lowest BCUT2D eigenvalue weighted by molar-refractivity contribution is -0.139. The number of aryl methyl sites for hydroxylation is 1. The van der Waals surface area contributed by atoms with Crippen LogP contribution >= 0.6 is 11.6 Å². The molecule has 0 amide bonds. The number of rotatable bonds is 2. The van der Waals surface area contributed by atoms with E-state index in [9.17, 15) is 17.6 Å².